The summed E-state index contributed by atoms with van der Waals surface area (Å²) in [5.41, 5.74) is 10.4. The van der Waals surface area contributed by atoms with E-state index in [9.17, 15) is 9.18 Å². The lowest BCUT2D eigenvalue weighted by Crippen LogP contribution is -2.40. The second kappa shape index (κ2) is 6.19. The van der Waals surface area contributed by atoms with Crippen LogP contribution in [0.15, 0.2) is 36.4 Å². The maximum Gasteiger partial charge on any atom is 0.258 e. The number of amides is 1. The number of methoxy groups -OCH3 is 1. The summed E-state index contributed by atoms with van der Waals surface area (Å²) in [6, 6.07) is 10.4. The Kier molecular flexibility index (Phi) is 3.75. The fourth-order valence-electron chi connectivity index (χ4n) is 4.19. The van der Waals surface area contributed by atoms with E-state index in [-0.39, 0.29) is 11.7 Å². The first-order valence-corrected chi connectivity index (χ1v) is 9.44. The first-order chi connectivity index (χ1) is 13.6. The largest absolute Gasteiger partial charge is 0.496 e. The van der Waals surface area contributed by atoms with E-state index in [2.05, 4.69) is 0 Å². The van der Waals surface area contributed by atoms with E-state index in [1.165, 1.54) is 19.2 Å². The van der Waals surface area contributed by atoms with Crippen molar-refractivity contribution in [3.05, 3.63) is 53.5 Å². The highest BCUT2D eigenvalue weighted by molar-refractivity contribution is 6.11. The van der Waals surface area contributed by atoms with Crippen molar-refractivity contribution in [3.8, 4) is 16.9 Å². The average molecular weight is 377 g/mol. The minimum Gasteiger partial charge on any atom is -0.496 e. The molecule has 0 bridgehead atoms. The predicted molar refractivity (Wildman–Crippen MR) is 106 cm³/mol. The fraction of sp³-hybridized carbons (Fsp3) is 0.273. The molecule has 1 aromatic heterocycles. The molecule has 3 aromatic rings. The Hall–Kier alpha value is -3.15. The highest BCUT2D eigenvalue weighted by Crippen LogP contribution is 2.41. The van der Waals surface area contributed by atoms with Gasteiger partial charge in [0.15, 0.2) is 0 Å². The summed E-state index contributed by atoms with van der Waals surface area (Å²) in [5, 5.41) is 0.728. The van der Waals surface area contributed by atoms with Crippen LogP contribution in [0.5, 0.6) is 5.75 Å². The van der Waals surface area contributed by atoms with Gasteiger partial charge < -0.3 is 15.4 Å². The number of hydrogen-bond donors (Lipinski definition) is 1. The molecule has 2 heterocycles. The summed E-state index contributed by atoms with van der Waals surface area (Å²) < 4.78 is 19.0. The Morgan fingerprint density at radius 1 is 1.21 bits per heavy atom. The molecule has 0 spiro atoms. The van der Waals surface area contributed by atoms with E-state index < -0.39 is 0 Å². The van der Waals surface area contributed by atoms with Crippen LogP contribution in [0.25, 0.3) is 22.0 Å². The monoisotopic (exact) mass is 377 g/mol. The summed E-state index contributed by atoms with van der Waals surface area (Å²) in [6.07, 6.45) is 3.23. The number of aromatic nitrogens is 1. The molecule has 1 fully saturated rings. The van der Waals surface area contributed by atoms with Gasteiger partial charge in [0, 0.05) is 28.6 Å². The predicted octanol–water partition coefficient (Wildman–Crippen LogP) is 4.14. The lowest BCUT2D eigenvalue weighted by molar-refractivity contribution is 0.0606. The number of carbonyl (C=O) groups excluding carboxylic acids is 1. The molecule has 2 aliphatic rings. The Morgan fingerprint density at radius 2 is 2.04 bits per heavy atom. The minimum absolute atomic E-state index is 0.0173. The molecule has 0 atom stereocenters. The molecule has 1 aliphatic carbocycles. The Morgan fingerprint density at radius 3 is 2.75 bits per heavy atom. The molecule has 142 valence electrons. The second-order valence-electron chi connectivity index (χ2n) is 7.41. The van der Waals surface area contributed by atoms with Crippen molar-refractivity contribution in [2.45, 2.75) is 31.8 Å². The molecular formula is C22H20FN3O2. The van der Waals surface area contributed by atoms with Gasteiger partial charge in [-0.3, -0.25) is 4.79 Å². The van der Waals surface area contributed by atoms with E-state index in [1.54, 1.807) is 6.07 Å². The number of nitrogen functional groups attached to an aromatic ring is 1. The van der Waals surface area contributed by atoms with Gasteiger partial charge in [-0.2, -0.15) is 0 Å². The van der Waals surface area contributed by atoms with Crippen LogP contribution < -0.4 is 10.5 Å². The smallest absolute Gasteiger partial charge is 0.258 e. The number of pyridine rings is 1. The van der Waals surface area contributed by atoms with Crippen LogP contribution >= 0.6 is 0 Å². The van der Waals surface area contributed by atoms with Gasteiger partial charge in [-0.05, 0) is 31.4 Å². The van der Waals surface area contributed by atoms with Gasteiger partial charge in [0.25, 0.3) is 5.91 Å². The number of para-hydroxylation sites is 1. The van der Waals surface area contributed by atoms with Crippen LogP contribution in [-0.2, 0) is 6.54 Å². The SMILES string of the molecule is COc1cc(F)ccc1-c1cccc2c(N)c3c(nc12)CN(C1CCC1)C3=O. The third-order valence-corrected chi connectivity index (χ3v) is 5.89. The summed E-state index contributed by atoms with van der Waals surface area (Å²) >= 11 is 0. The summed E-state index contributed by atoms with van der Waals surface area (Å²) in [4.78, 5) is 19.7. The molecular weight excluding hydrogens is 357 g/mol. The summed E-state index contributed by atoms with van der Waals surface area (Å²) in [5.74, 6) is 0.0489. The lowest BCUT2D eigenvalue weighted by atomic mass is 9.92. The molecule has 5 rings (SSSR count). The Balaban J connectivity index is 1.71. The number of ether oxygens (including phenoxy) is 1. The number of fused-ring (bicyclic) bond motifs is 2. The number of benzene rings is 2. The highest BCUT2D eigenvalue weighted by atomic mass is 19.1. The number of hydrogen-bond acceptors (Lipinski definition) is 4. The van der Waals surface area contributed by atoms with Crippen LogP contribution in [0.2, 0.25) is 0 Å². The Bertz CT molecular complexity index is 1120. The molecule has 1 amide bonds. The molecule has 0 radical (unpaired) electrons. The number of halogens is 1. The van der Waals surface area contributed by atoms with Crippen LogP contribution in [0, 0.1) is 5.82 Å². The third kappa shape index (κ3) is 2.37. The van der Waals surface area contributed by atoms with Crippen LogP contribution in [0.4, 0.5) is 10.1 Å². The molecule has 1 saturated carbocycles. The minimum atomic E-state index is -0.365. The molecule has 2 N–H and O–H groups in total. The van der Waals surface area contributed by atoms with Crippen LogP contribution in [0.3, 0.4) is 0 Å². The number of nitrogens with two attached hydrogens (primary N) is 1. The van der Waals surface area contributed by atoms with Gasteiger partial charge >= 0.3 is 0 Å². The first-order valence-electron chi connectivity index (χ1n) is 9.44. The van der Waals surface area contributed by atoms with Gasteiger partial charge in [0.2, 0.25) is 0 Å². The summed E-state index contributed by atoms with van der Waals surface area (Å²) in [7, 11) is 1.51. The molecule has 28 heavy (non-hydrogen) atoms. The number of nitrogens with zero attached hydrogens (tertiary/aromatic N) is 2. The van der Waals surface area contributed by atoms with Crippen molar-refractivity contribution in [3.63, 3.8) is 0 Å². The molecule has 0 unspecified atom stereocenters. The third-order valence-electron chi connectivity index (χ3n) is 5.89. The maximum atomic E-state index is 13.7. The Labute approximate surface area is 161 Å². The van der Waals surface area contributed by atoms with Crippen molar-refractivity contribution >= 4 is 22.5 Å². The second-order valence-corrected chi connectivity index (χ2v) is 7.41. The van der Waals surface area contributed by atoms with Crippen molar-refractivity contribution < 1.29 is 13.9 Å². The molecule has 6 heteroatoms. The van der Waals surface area contributed by atoms with Gasteiger partial charge in [0.05, 0.1) is 36.1 Å². The highest BCUT2D eigenvalue weighted by Gasteiger charge is 2.38. The van der Waals surface area contributed by atoms with Gasteiger partial charge in [-0.1, -0.05) is 18.2 Å². The van der Waals surface area contributed by atoms with Gasteiger partial charge in [0.1, 0.15) is 11.6 Å². The molecule has 0 saturated heterocycles. The zero-order valence-corrected chi connectivity index (χ0v) is 15.5. The molecule has 1 aliphatic heterocycles. The fourth-order valence-corrected chi connectivity index (χ4v) is 4.19. The lowest BCUT2D eigenvalue weighted by Gasteiger charge is -2.34. The van der Waals surface area contributed by atoms with E-state index in [0.29, 0.717) is 35.1 Å². The van der Waals surface area contributed by atoms with Crippen LogP contribution in [-0.4, -0.2) is 28.9 Å². The number of rotatable bonds is 3. The normalized spacial score (nSPS) is 16.4. The van der Waals surface area contributed by atoms with Crippen molar-refractivity contribution in [1.29, 1.82) is 0 Å². The van der Waals surface area contributed by atoms with Crippen molar-refractivity contribution in [2.75, 3.05) is 12.8 Å². The summed E-state index contributed by atoms with van der Waals surface area (Å²) in [6.45, 7) is 0.494. The topological polar surface area (TPSA) is 68.5 Å². The van der Waals surface area contributed by atoms with E-state index in [4.69, 9.17) is 15.5 Å². The van der Waals surface area contributed by atoms with Gasteiger partial charge in [-0.15, -0.1) is 0 Å². The standard InChI is InChI=1S/C22H20FN3O2/c1-28-18-10-12(23)8-9-14(18)15-6-3-7-16-20(24)19-17(25-21(15)16)11-26(22(19)27)13-4-2-5-13/h3,6-10,13H,2,4-5,11H2,1H3,(H2,24,25). The van der Waals surface area contributed by atoms with Crippen LogP contribution in [0.1, 0.15) is 35.3 Å². The molecule has 2 aromatic carbocycles. The average Bonchev–Trinajstić information content (AvgIpc) is 2.96. The quantitative estimate of drug-likeness (QED) is 0.745. The number of carbonyl (C=O) groups is 1. The maximum absolute atomic E-state index is 13.7. The van der Waals surface area contributed by atoms with E-state index >= 15 is 0 Å². The van der Waals surface area contributed by atoms with E-state index in [0.717, 1.165) is 41.5 Å². The van der Waals surface area contributed by atoms with E-state index in [1.807, 2.05) is 23.1 Å². The zero-order chi connectivity index (χ0) is 19.4. The van der Waals surface area contributed by atoms with Gasteiger partial charge in [-0.25, -0.2) is 9.37 Å². The number of anilines is 1. The molecule has 5 nitrogen and oxygen atoms in total. The zero-order valence-electron chi connectivity index (χ0n) is 15.5. The van der Waals surface area contributed by atoms with Crippen molar-refractivity contribution in [2.24, 2.45) is 0 Å². The van der Waals surface area contributed by atoms with Crippen molar-refractivity contribution in [1.82, 2.24) is 9.88 Å². The first kappa shape index (κ1) is 17.0.